The number of hydrogen-bond acceptors (Lipinski definition) is 6. The van der Waals surface area contributed by atoms with Gasteiger partial charge in [0.25, 0.3) is 5.69 Å². The number of nitrogens with one attached hydrogen (secondary N) is 1. The number of carbonyl (C=O) groups excluding carboxylic acids is 4. The Bertz CT molecular complexity index is 1400. The number of carbonyl (C=O) groups is 4. The van der Waals surface area contributed by atoms with Crippen LogP contribution in [-0.2, 0) is 4.79 Å². The molecule has 0 fully saturated rings. The van der Waals surface area contributed by atoms with Crippen molar-refractivity contribution in [2.45, 2.75) is 0 Å². The van der Waals surface area contributed by atoms with Gasteiger partial charge in [-0.25, -0.2) is 0 Å². The lowest BCUT2D eigenvalue weighted by atomic mass is 9.78. The predicted octanol–water partition coefficient (Wildman–Crippen LogP) is 3.88. The lowest BCUT2D eigenvalue weighted by molar-refractivity contribution is -0.384. The van der Waals surface area contributed by atoms with Crippen LogP contribution in [0.5, 0.6) is 0 Å². The van der Waals surface area contributed by atoms with Gasteiger partial charge in [-0.1, -0.05) is 54.6 Å². The fourth-order valence-electron chi connectivity index (χ4n) is 4.26. The predicted molar refractivity (Wildman–Crippen MR) is 118 cm³/mol. The molecule has 0 spiro atoms. The monoisotopic (exact) mass is 438 g/mol. The number of rotatable bonds is 3. The van der Waals surface area contributed by atoms with Crippen molar-refractivity contribution in [3.05, 3.63) is 111 Å². The van der Waals surface area contributed by atoms with Crippen molar-refractivity contribution in [1.82, 2.24) is 0 Å². The molecule has 0 bridgehead atoms. The molecule has 1 aliphatic heterocycles. The summed E-state index contributed by atoms with van der Waals surface area (Å²) in [6, 6.07) is 17.9. The van der Waals surface area contributed by atoms with Gasteiger partial charge in [-0.05, 0) is 11.6 Å². The Labute approximate surface area is 186 Å². The number of non-ortho nitro benzene ring substituents is 1. The van der Waals surface area contributed by atoms with Crippen LogP contribution in [0.2, 0.25) is 0 Å². The molecule has 1 amide bonds. The Morgan fingerprint density at radius 1 is 0.818 bits per heavy atom. The van der Waals surface area contributed by atoms with E-state index in [9.17, 15) is 29.3 Å². The van der Waals surface area contributed by atoms with Crippen LogP contribution in [0.25, 0.3) is 5.57 Å². The third kappa shape index (κ3) is 3.08. The molecular weight excluding hydrogens is 424 g/mol. The van der Waals surface area contributed by atoms with E-state index in [1.165, 1.54) is 42.5 Å². The first-order valence-corrected chi connectivity index (χ1v) is 10.00. The second-order valence-electron chi connectivity index (χ2n) is 7.63. The van der Waals surface area contributed by atoms with Crippen molar-refractivity contribution < 1.29 is 24.1 Å². The summed E-state index contributed by atoms with van der Waals surface area (Å²) in [6.45, 7) is 0. The van der Waals surface area contributed by atoms with Gasteiger partial charge in [-0.3, -0.25) is 29.3 Å². The molecule has 8 nitrogen and oxygen atoms in total. The Morgan fingerprint density at radius 3 is 2.03 bits per heavy atom. The number of nitro groups is 1. The van der Waals surface area contributed by atoms with E-state index >= 15 is 0 Å². The summed E-state index contributed by atoms with van der Waals surface area (Å²) in [7, 11) is 0. The molecule has 1 heterocycles. The zero-order valence-corrected chi connectivity index (χ0v) is 16.9. The van der Waals surface area contributed by atoms with Crippen LogP contribution < -0.4 is 5.32 Å². The highest BCUT2D eigenvalue weighted by atomic mass is 16.6. The van der Waals surface area contributed by atoms with E-state index in [-0.39, 0.29) is 44.8 Å². The third-order valence-electron chi connectivity index (χ3n) is 5.77. The van der Waals surface area contributed by atoms with Crippen LogP contribution >= 0.6 is 0 Å². The standard InChI is InChI=1S/C25H14N2O6/c28-22(13-6-2-1-3-7-13)21-19(20-23(29)15-8-4-5-9-16(15)24(20)30)17-12-14(27(32)33)10-11-18(17)26-25(21)31/h1-12,21H,(H,26,31). The van der Waals surface area contributed by atoms with E-state index in [0.717, 1.165) is 0 Å². The van der Waals surface area contributed by atoms with Gasteiger partial charge in [0.1, 0.15) is 5.92 Å². The van der Waals surface area contributed by atoms with Crippen molar-refractivity contribution in [2.75, 3.05) is 5.32 Å². The first-order valence-electron chi connectivity index (χ1n) is 10.00. The molecular formula is C25H14N2O6. The lowest BCUT2D eigenvalue weighted by Crippen LogP contribution is -2.36. The van der Waals surface area contributed by atoms with Gasteiger partial charge in [0.2, 0.25) is 5.91 Å². The van der Waals surface area contributed by atoms with E-state index in [0.29, 0.717) is 0 Å². The molecule has 1 N–H and O–H groups in total. The highest BCUT2D eigenvalue weighted by molar-refractivity contribution is 6.44. The van der Waals surface area contributed by atoms with E-state index in [1.54, 1.807) is 30.3 Å². The molecule has 8 heteroatoms. The van der Waals surface area contributed by atoms with Gasteiger partial charge in [0, 0.05) is 40.1 Å². The molecule has 33 heavy (non-hydrogen) atoms. The van der Waals surface area contributed by atoms with Crippen molar-refractivity contribution in [3.8, 4) is 0 Å². The fraction of sp³-hybridized carbons (Fsp3) is 0.0400. The molecule has 0 saturated heterocycles. The molecule has 1 unspecified atom stereocenters. The minimum Gasteiger partial charge on any atom is -0.325 e. The van der Waals surface area contributed by atoms with Crippen LogP contribution in [0.15, 0.2) is 78.4 Å². The molecule has 160 valence electrons. The van der Waals surface area contributed by atoms with Gasteiger partial charge in [-0.2, -0.15) is 0 Å². The number of Topliss-reactive ketones (excluding diaryl/α,β-unsaturated/α-hetero) is 3. The van der Waals surface area contributed by atoms with Crippen molar-refractivity contribution in [3.63, 3.8) is 0 Å². The molecule has 0 saturated carbocycles. The van der Waals surface area contributed by atoms with Crippen molar-refractivity contribution in [1.29, 1.82) is 0 Å². The number of nitrogens with zero attached hydrogens (tertiary/aromatic N) is 1. The minimum absolute atomic E-state index is 0.0996. The maximum absolute atomic E-state index is 13.4. The number of benzene rings is 3. The molecule has 0 radical (unpaired) electrons. The first kappa shape index (κ1) is 20.2. The average molecular weight is 438 g/mol. The normalized spacial score (nSPS) is 16.8. The number of fused-ring (bicyclic) bond motifs is 2. The molecule has 5 rings (SSSR count). The highest BCUT2D eigenvalue weighted by Crippen LogP contribution is 2.43. The maximum Gasteiger partial charge on any atom is 0.270 e. The second kappa shape index (κ2) is 7.45. The second-order valence-corrected chi connectivity index (χ2v) is 7.63. The summed E-state index contributed by atoms with van der Waals surface area (Å²) in [6.07, 6.45) is 0. The Kier molecular flexibility index (Phi) is 4.56. The summed E-state index contributed by atoms with van der Waals surface area (Å²) >= 11 is 0. The SMILES string of the molecule is O=C1C(=C2c3cc([N+](=O)[O-])ccc3NC(=O)C2C(=O)c2ccccc2)C(=O)c2ccccc21. The van der Waals surface area contributed by atoms with E-state index in [1.807, 2.05) is 0 Å². The first-order chi connectivity index (χ1) is 15.9. The molecule has 1 atom stereocenters. The van der Waals surface area contributed by atoms with Crippen LogP contribution in [0.4, 0.5) is 11.4 Å². The topological polar surface area (TPSA) is 123 Å². The Balaban J connectivity index is 1.82. The zero-order valence-electron chi connectivity index (χ0n) is 16.9. The van der Waals surface area contributed by atoms with E-state index in [2.05, 4.69) is 5.32 Å². The highest BCUT2D eigenvalue weighted by Gasteiger charge is 2.45. The maximum atomic E-state index is 13.4. The molecule has 3 aromatic carbocycles. The largest absolute Gasteiger partial charge is 0.325 e. The molecule has 2 aliphatic rings. The third-order valence-corrected chi connectivity index (χ3v) is 5.77. The number of hydrogen-bond donors (Lipinski definition) is 1. The van der Waals surface area contributed by atoms with Gasteiger partial charge in [-0.15, -0.1) is 0 Å². The number of ketones is 3. The number of amides is 1. The van der Waals surface area contributed by atoms with Gasteiger partial charge in [0.15, 0.2) is 17.3 Å². The summed E-state index contributed by atoms with van der Waals surface area (Å²) in [5.74, 6) is -4.11. The van der Waals surface area contributed by atoms with E-state index in [4.69, 9.17) is 0 Å². The summed E-state index contributed by atoms with van der Waals surface area (Å²) in [5.41, 5.74) is 0.0797. The van der Waals surface area contributed by atoms with Gasteiger partial charge >= 0.3 is 0 Å². The molecule has 0 aromatic heterocycles. The molecule has 1 aliphatic carbocycles. The smallest absolute Gasteiger partial charge is 0.270 e. The molecule has 3 aromatic rings. The van der Waals surface area contributed by atoms with Crippen LogP contribution in [-0.4, -0.2) is 28.2 Å². The zero-order chi connectivity index (χ0) is 23.3. The quantitative estimate of drug-likeness (QED) is 0.165. The van der Waals surface area contributed by atoms with Crippen molar-refractivity contribution >= 4 is 40.2 Å². The minimum atomic E-state index is -1.53. The van der Waals surface area contributed by atoms with Crippen LogP contribution in [0.1, 0.15) is 36.6 Å². The summed E-state index contributed by atoms with van der Waals surface area (Å²) < 4.78 is 0. The van der Waals surface area contributed by atoms with Gasteiger partial charge < -0.3 is 5.32 Å². The van der Waals surface area contributed by atoms with Crippen LogP contribution in [0, 0.1) is 16.0 Å². The van der Waals surface area contributed by atoms with E-state index < -0.39 is 34.1 Å². The van der Waals surface area contributed by atoms with Crippen LogP contribution in [0.3, 0.4) is 0 Å². The fourth-order valence-corrected chi connectivity index (χ4v) is 4.26. The summed E-state index contributed by atoms with van der Waals surface area (Å²) in [5, 5.41) is 14.0. The average Bonchev–Trinajstić information content (AvgIpc) is 3.08. The number of nitro benzene ring substituents is 1. The van der Waals surface area contributed by atoms with Crippen molar-refractivity contribution in [2.24, 2.45) is 5.92 Å². The number of allylic oxidation sites excluding steroid dienone is 1. The number of anilines is 1. The summed E-state index contributed by atoms with van der Waals surface area (Å²) in [4.78, 5) is 63.9. The Morgan fingerprint density at radius 2 is 1.42 bits per heavy atom. The van der Waals surface area contributed by atoms with Gasteiger partial charge in [0.05, 0.1) is 10.5 Å². The lowest BCUT2D eigenvalue weighted by Gasteiger charge is -2.28. The Hall–Kier alpha value is -4.72.